The summed E-state index contributed by atoms with van der Waals surface area (Å²) in [7, 11) is 0. The second kappa shape index (κ2) is 7.03. The van der Waals surface area contributed by atoms with Gasteiger partial charge in [-0.2, -0.15) is 0 Å². The highest BCUT2D eigenvalue weighted by Gasteiger charge is 2.30. The van der Waals surface area contributed by atoms with Crippen LogP contribution in [0.1, 0.15) is 43.0 Å². The zero-order valence-electron chi connectivity index (χ0n) is 14.2. The van der Waals surface area contributed by atoms with Crippen molar-refractivity contribution in [1.82, 2.24) is 14.3 Å². The SMILES string of the molecule is CCOC(=O)C1CCN(C(=O)c2nc(CC)n3ccccc23)CC1. The maximum atomic E-state index is 12.9. The number of piperidine rings is 1. The lowest BCUT2D eigenvalue weighted by atomic mass is 9.97. The molecule has 6 nitrogen and oxygen atoms in total. The number of ether oxygens (including phenoxy) is 1. The molecule has 0 N–H and O–H groups in total. The Morgan fingerprint density at radius 1 is 1.25 bits per heavy atom. The van der Waals surface area contributed by atoms with E-state index in [0.29, 0.717) is 38.2 Å². The van der Waals surface area contributed by atoms with E-state index in [4.69, 9.17) is 4.74 Å². The lowest BCUT2D eigenvalue weighted by Gasteiger charge is -2.30. The zero-order valence-corrected chi connectivity index (χ0v) is 14.2. The first-order chi connectivity index (χ1) is 11.7. The van der Waals surface area contributed by atoms with Crippen molar-refractivity contribution in [2.24, 2.45) is 5.92 Å². The minimum atomic E-state index is -0.148. The van der Waals surface area contributed by atoms with Crippen molar-refractivity contribution in [2.45, 2.75) is 33.1 Å². The molecule has 0 bridgehead atoms. The minimum Gasteiger partial charge on any atom is -0.466 e. The smallest absolute Gasteiger partial charge is 0.309 e. The van der Waals surface area contributed by atoms with Crippen LogP contribution < -0.4 is 0 Å². The number of hydrogen-bond acceptors (Lipinski definition) is 4. The number of esters is 1. The van der Waals surface area contributed by atoms with Crippen molar-refractivity contribution < 1.29 is 14.3 Å². The van der Waals surface area contributed by atoms with E-state index < -0.39 is 0 Å². The lowest BCUT2D eigenvalue weighted by molar-refractivity contribution is -0.149. The molecule has 0 saturated carbocycles. The van der Waals surface area contributed by atoms with Crippen LogP contribution in [0.4, 0.5) is 0 Å². The van der Waals surface area contributed by atoms with Gasteiger partial charge >= 0.3 is 5.97 Å². The predicted molar refractivity (Wildman–Crippen MR) is 89.8 cm³/mol. The van der Waals surface area contributed by atoms with Crippen molar-refractivity contribution in [1.29, 1.82) is 0 Å². The molecule has 1 amide bonds. The Kier molecular flexibility index (Phi) is 4.83. The average molecular weight is 329 g/mol. The molecule has 3 heterocycles. The number of imidazole rings is 1. The fourth-order valence-electron chi connectivity index (χ4n) is 3.24. The molecule has 0 spiro atoms. The van der Waals surface area contributed by atoms with Crippen molar-refractivity contribution in [3.05, 3.63) is 35.9 Å². The van der Waals surface area contributed by atoms with Gasteiger partial charge in [-0.1, -0.05) is 13.0 Å². The van der Waals surface area contributed by atoms with Crippen molar-refractivity contribution >= 4 is 17.4 Å². The second-order valence-electron chi connectivity index (χ2n) is 6.00. The van der Waals surface area contributed by atoms with Gasteiger partial charge in [-0.05, 0) is 31.9 Å². The van der Waals surface area contributed by atoms with Gasteiger partial charge in [0.1, 0.15) is 5.82 Å². The van der Waals surface area contributed by atoms with Crippen LogP contribution in [0, 0.1) is 5.92 Å². The highest BCUT2D eigenvalue weighted by molar-refractivity contribution is 5.99. The van der Waals surface area contributed by atoms with E-state index in [1.165, 1.54) is 0 Å². The Morgan fingerprint density at radius 2 is 2.00 bits per heavy atom. The number of pyridine rings is 1. The number of amides is 1. The first-order valence-electron chi connectivity index (χ1n) is 8.57. The predicted octanol–water partition coefficient (Wildman–Crippen LogP) is 2.31. The topological polar surface area (TPSA) is 63.9 Å². The van der Waals surface area contributed by atoms with Gasteiger partial charge < -0.3 is 14.0 Å². The van der Waals surface area contributed by atoms with Crippen LogP contribution in [-0.4, -0.2) is 45.9 Å². The number of nitrogens with zero attached hydrogens (tertiary/aromatic N) is 3. The normalized spacial score (nSPS) is 15.7. The molecule has 24 heavy (non-hydrogen) atoms. The molecule has 0 aromatic carbocycles. The number of carbonyl (C=O) groups is 2. The molecule has 2 aromatic heterocycles. The summed E-state index contributed by atoms with van der Waals surface area (Å²) >= 11 is 0. The third-order valence-electron chi connectivity index (χ3n) is 4.54. The third kappa shape index (κ3) is 3.00. The fourth-order valence-corrected chi connectivity index (χ4v) is 3.24. The monoisotopic (exact) mass is 329 g/mol. The van der Waals surface area contributed by atoms with Crippen molar-refractivity contribution in [3.63, 3.8) is 0 Å². The number of carbonyl (C=O) groups excluding carboxylic acids is 2. The summed E-state index contributed by atoms with van der Waals surface area (Å²) in [6, 6.07) is 5.78. The first kappa shape index (κ1) is 16.5. The van der Waals surface area contributed by atoms with Crippen LogP contribution in [0.3, 0.4) is 0 Å². The van der Waals surface area contributed by atoms with Crippen LogP contribution in [-0.2, 0) is 16.0 Å². The van der Waals surface area contributed by atoms with E-state index in [9.17, 15) is 9.59 Å². The highest BCUT2D eigenvalue weighted by Crippen LogP contribution is 2.22. The Balaban J connectivity index is 1.76. The molecule has 0 unspecified atom stereocenters. The first-order valence-corrected chi connectivity index (χ1v) is 8.57. The fraction of sp³-hybridized carbons (Fsp3) is 0.500. The zero-order chi connectivity index (χ0) is 17.1. The lowest BCUT2D eigenvalue weighted by Crippen LogP contribution is -2.40. The third-order valence-corrected chi connectivity index (χ3v) is 4.54. The van der Waals surface area contributed by atoms with Crippen LogP contribution >= 0.6 is 0 Å². The standard InChI is InChI=1S/C18H23N3O3/c1-3-15-19-16(14-7-5-6-10-21(14)15)17(22)20-11-8-13(9-12-20)18(23)24-4-2/h5-7,10,13H,3-4,8-9,11-12H2,1-2H3. The maximum Gasteiger partial charge on any atom is 0.309 e. The van der Waals surface area contributed by atoms with E-state index in [1.54, 1.807) is 4.90 Å². The molecule has 1 aliphatic heterocycles. The Hall–Kier alpha value is -2.37. The molecule has 1 saturated heterocycles. The summed E-state index contributed by atoms with van der Waals surface area (Å²) in [6.45, 7) is 5.37. The van der Waals surface area contributed by atoms with Crippen molar-refractivity contribution in [3.8, 4) is 0 Å². The van der Waals surface area contributed by atoms with Gasteiger partial charge in [0.05, 0.1) is 18.0 Å². The summed E-state index contributed by atoms with van der Waals surface area (Å²) < 4.78 is 7.05. The van der Waals surface area contributed by atoms with Gasteiger partial charge in [0.2, 0.25) is 0 Å². The number of aryl methyl sites for hydroxylation is 1. The minimum absolute atomic E-state index is 0.0549. The maximum absolute atomic E-state index is 12.9. The van der Waals surface area contributed by atoms with Crippen LogP contribution in [0.15, 0.2) is 24.4 Å². The molecular formula is C18H23N3O3. The molecule has 1 aliphatic rings. The summed E-state index contributed by atoms with van der Waals surface area (Å²) in [5.41, 5.74) is 1.34. The summed E-state index contributed by atoms with van der Waals surface area (Å²) in [5, 5.41) is 0. The number of likely N-dealkylation sites (tertiary alicyclic amines) is 1. The molecular weight excluding hydrogens is 306 g/mol. The van der Waals surface area contributed by atoms with Gasteiger partial charge in [-0.25, -0.2) is 4.98 Å². The Bertz CT molecular complexity index is 745. The van der Waals surface area contributed by atoms with E-state index in [-0.39, 0.29) is 17.8 Å². The summed E-state index contributed by atoms with van der Waals surface area (Å²) in [6.07, 6.45) is 4.00. The van der Waals surface area contributed by atoms with Gasteiger partial charge in [0.15, 0.2) is 5.69 Å². The molecule has 0 radical (unpaired) electrons. The molecule has 0 atom stereocenters. The van der Waals surface area contributed by atoms with E-state index in [1.807, 2.05) is 42.6 Å². The van der Waals surface area contributed by atoms with Crippen molar-refractivity contribution in [2.75, 3.05) is 19.7 Å². The number of hydrogen-bond donors (Lipinski definition) is 0. The van der Waals surface area contributed by atoms with Gasteiger partial charge in [0, 0.05) is 25.7 Å². The van der Waals surface area contributed by atoms with Gasteiger partial charge in [0.25, 0.3) is 5.91 Å². The summed E-state index contributed by atoms with van der Waals surface area (Å²) in [4.78, 5) is 31.0. The van der Waals surface area contributed by atoms with Crippen LogP contribution in [0.5, 0.6) is 0 Å². The Labute approximate surface area is 141 Å². The molecule has 2 aromatic rings. The number of fused-ring (bicyclic) bond motifs is 1. The van der Waals surface area contributed by atoms with Crippen LogP contribution in [0.2, 0.25) is 0 Å². The number of aromatic nitrogens is 2. The molecule has 6 heteroatoms. The highest BCUT2D eigenvalue weighted by atomic mass is 16.5. The van der Waals surface area contributed by atoms with Gasteiger partial charge in [-0.3, -0.25) is 9.59 Å². The van der Waals surface area contributed by atoms with E-state index >= 15 is 0 Å². The average Bonchev–Trinajstić information content (AvgIpc) is 3.00. The van der Waals surface area contributed by atoms with Crippen LogP contribution in [0.25, 0.3) is 5.52 Å². The van der Waals surface area contributed by atoms with Gasteiger partial charge in [-0.15, -0.1) is 0 Å². The molecule has 1 fully saturated rings. The Morgan fingerprint density at radius 3 is 2.67 bits per heavy atom. The quantitative estimate of drug-likeness (QED) is 0.808. The largest absolute Gasteiger partial charge is 0.466 e. The molecule has 0 aliphatic carbocycles. The van der Waals surface area contributed by atoms with E-state index in [0.717, 1.165) is 17.8 Å². The number of rotatable bonds is 4. The second-order valence-corrected chi connectivity index (χ2v) is 6.00. The molecule has 128 valence electrons. The van der Waals surface area contributed by atoms with E-state index in [2.05, 4.69) is 4.98 Å². The summed E-state index contributed by atoms with van der Waals surface area (Å²) in [5.74, 6) is 0.584. The molecule has 3 rings (SSSR count).